The molecule has 16 heteroatoms. The number of H-pyrrole nitrogens is 4. The molecular weight excluding hydrogens is 1730 g/mol. The zero-order chi connectivity index (χ0) is 81.0. The maximum absolute atomic E-state index is 7.53. The summed E-state index contributed by atoms with van der Waals surface area (Å²) in [6, 6.07) is 41.2. The Hall–Kier alpha value is -6.60. The molecule has 15 rings (SSSR count). The van der Waals surface area contributed by atoms with Crippen LogP contribution in [-0.2, 0) is 43.3 Å². The summed E-state index contributed by atoms with van der Waals surface area (Å²) >= 11 is -9.04. The van der Waals surface area contributed by atoms with Crippen LogP contribution in [0.5, 0.6) is 0 Å². The van der Waals surface area contributed by atoms with Crippen molar-refractivity contribution in [2.24, 2.45) is 0 Å². The van der Waals surface area contributed by atoms with Gasteiger partial charge in [-0.15, -0.1) is 0 Å². The van der Waals surface area contributed by atoms with Gasteiger partial charge in [0.05, 0.1) is 0 Å². The van der Waals surface area contributed by atoms with Crippen LogP contribution in [0.3, 0.4) is 0 Å². The number of fused-ring (bicyclic) bond motifs is 18. The number of halogens is 6. The van der Waals surface area contributed by atoms with E-state index in [4.69, 9.17) is 73.7 Å². The van der Waals surface area contributed by atoms with Gasteiger partial charge in [0.1, 0.15) is 0 Å². The quantitative estimate of drug-likeness (QED) is 0.124. The fourth-order valence-electron chi connectivity index (χ4n) is 15.7. The molecule has 8 nitrogen and oxygen atoms in total. The third-order valence-electron chi connectivity index (χ3n) is 22.5. The Bertz CT molecular complexity index is 5780. The summed E-state index contributed by atoms with van der Waals surface area (Å²) in [5.74, 6) is 0. The van der Waals surface area contributed by atoms with Crippen LogP contribution < -0.4 is 7.22 Å². The van der Waals surface area contributed by atoms with E-state index in [2.05, 4.69) is 332 Å². The molecule has 5 aromatic carbocycles. The van der Waals surface area contributed by atoms with Gasteiger partial charge in [-0.2, -0.15) is 0 Å². The molecule has 4 aliphatic rings. The molecule has 10 heterocycles. The Balaban J connectivity index is 1.25. The van der Waals surface area contributed by atoms with Gasteiger partial charge in [0, 0.05) is 0 Å². The fraction of sp³-hybridized carbons (Fsp3) is 0.333. The van der Waals surface area contributed by atoms with Gasteiger partial charge in [0.15, 0.2) is 0 Å². The molecule has 0 atom stereocenters. The maximum atomic E-state index is 7.53. The molecule has 0 unspecified atom stereocenters. The SMILES string of the molecule is CC(C)(C)c1cc(-c2c3nc(c4c5cc6[nH]c5c(c5nc(c(-c7cc(C(C)(C)C)cc(C(C)(C)C)c7)c7ccc([nH]7)c([Te](Cl)(Cl)Cl)c7nc(c6-c6cc(C(C)(C)C)cc(C(C)(C)C)c6)C=C7)C=C5)c5cc([nH]c54)c(-c4cc(C(C)(C)C)cc(C(C)(C)C)c4)c4nc(c([Te](Cl)(Cl)Cl)c5ccc2[nH]5)C=C4)C=C3)cc(C(C)(C)C)c1. The van der Waals surface area contributed by atoms with Crippen molar-refractivity contribution in [2.75, 3.05) is 0 Å². The number of nitrogens with one attached hydrogen (secondary N) is 4. The van der Waals surface area contributed by atoms with E-state index < -0.39 is 29.6 Å². The predicted molar refractivity (Wildman–Crippen MR) is 495 cm³/mol. The van der Waals surface area contributed by atoms with Crippen molar-refractivity contribution in [3.05, 3.63) is 199 Å². The van der Waals surface area contributed by atoms with E-state index in [1.54, 1.807) is 0 Å². The first-order chi connectivity index (χ1) is 51.7. The van der Waals surface area contributed by atoms with Gasteiger partial charge >= 0.3 is 698 Å². The average Bonchev–Trinajstić information content (AvgIpc) is 1.55. The van der Waals surface area contributed by atoms with Crippen LogP contribution in [0.1, 0.15) is 256 Å². The molecule has 112 heavy (non-hydrogen) atoms. The van der Waals surface area contributed by atoms with Crippen molar-refractivity contribution in [3.8, 4) is 44.5 Å². The molecule has 0 spiro atoms. The Kier molecular flexibility index (Phi) is 19.8. The molecule has 11 aromatic rings. The molecule has 0 radical (unpaired) electrons. The summed E-state index contributed by atoms with van der Waals surface area (Å²) in [4.78, 5) is 39.9. The molecule has 0 aliphatic carbocycles. The Labute approximate surface area is 691 Å². The minimum atomic E-state index is -4.52. The van der Waals surface area contributed by atoms with Crippen molar-refractivity contribution in [1.82, 2.24) is 39.9 Å². The zero-order valence-corrected chi connectivity index (χ0v) is 78.1. The second-order valence-corrected chi connectivity index (χ2v) is 71.3. The van der Waals surface area contributed by atoms with E-state index >= 15 is 0 Å². The van der Waals surface area contributed by atoms with Gasteiger partial charge in [0.2, 0.25) is 0 Å². The summed E-state index contributed by atoms with van der Waals surface area (Å²) in [6.07, 6.45) is 17.0. The summed E-state index contributed by atoms with van der Waals surface area (Å²) in [7, 11) is 45.2. The zero-order valence-electron chi connectivity index (χ0n) is 68.9. The van der Waals surface area contributed by atoms with Gasteiger partial charge in [-0.05, 0) is 0 Å². The molecule has 16 bridgehead atoms. The average molecular weight is 1840 g/mol. The second kappa shape index (κ2) is 27.5. The van der Waals surface area contributed by atoms with E-state index in [1.165, 1.54) is 44.5 Å². The summed E-state index contributed by atoms with van der Waals surface area (Å²) in [5.41, 5.74) is 27.3. The van der Waals surface area contributed by atoms with Crippen molar-refractivity contribution in [2.45, 2.75) is 209 Å². The molecule has 4 aliphatic heterocycles. The van der Waals surface area contributed by atoms with Crippen molar-refractivity contribution < 1.29 is 0 Å². The minimum absolute atomic E-state index is 0.213. The van der Waals surface area contributed by atoms with Crippen LogP contribution in [0.2, 0.25) is 0 Å². The van der Waals surface area contributed by atoms with Gasteiger partial charge < -0.3 is 0 Å². The molecule has 580 valence electrons. The Morgan fingerprint density at radius 1 is 0.232 bits per heavy atom. The third-order valence-corrected chi connectivity index (χ3v) is 33.8. The molecule has 0 amide bonds. The first-order valence-electron chi connectivity index (χ1n) is 38.7. The fourth-order valence-corrected chi connectivity index (χ4v) is 26.4. The summed E-state index contributed by atoms with van der Waals surface area (Å²) < 4.78 is 1.20. The van der Waals surface area contributed by atoms with Crippen molar-refractivity contribution in [1.29, 1.82) is 0 Å². The summed E-state index contributed by atoms with van der Waals surface area (Å²) in [5, 5.41) is 3.60. The number of aromatic amines is 4. The number of benzene rings is 5. The molecule has 0 saturated carbocycles. The van der Waals surface area contributed by atoms with Crippen molar-refractivity contribution in [3.63, 3.8) is 0 Å². The number of nitrogens with zero attached hydrogens (tertiary/aromatic N) is 4. The van der Waals surface area contributed by atoms with Crippen LogP contribution in [0.25, 0.3) is 159 Å². The first-order valence-corrected chi connectivity index (χ1v) is 58.7. The normalized spacial score (nSPS) is 14.5. The van der Waals surface area contributed by atoms with Crippen LogP contribution in [0.15, 0.2) is 109 Å². The predicted octanol–water partition coefficient (Wildman–Crippen LogP) is 28.1. The van der Waals surface area contributed by atoms with E-state index in [1.807, 2.05) is 12.2 Å². The number of aromatic nitrogens is 8. The third kappa shape index (κ3) is 15.2. The van der Waals surface area contributed by atoms with Crippen LogP contribution in [0.4, 0.5) is 0 Å². The van der Waals surface area contributed by atoms with Gasteiger partial charge in [-0.25, -0.2) is 0 Å². The number of hydrogen-bond donors (Lipinski definition) is 4. The topological polar surface area (TPSA) is 115 Å². The van der Waals surface area contributed by atoms with E-state index in [0.717, 1.165) is 122 Å². The molecular formula is C96H102Cl6N8Te2. The molecule has 4 N–H and O–H groups in total. The van der Waals surface area contributed by atoms with Crippen molar-refractivity contribution >= 4 is 205 Å². The summed E-state index contributed by atoms with van der Waals surface area (Å²) in [6.45, 7) is 54.7. The van der Waals surface area contributed by atoms with Crippen LogP contribution in [-0.4, -0.2) is 69.5 Å². The Morgan fingerprint density at radius 2 is 0.438 bits per heavy atom. The first kappa shape index (κ1) is 80.6. The Morgan fingerprint density at radius 3 is 0.670 bits per heavy atom. The number of rotatable bonds is 6. The molecule has 6 aromatic heterocycles. The van der Waals surface area contributed by atoms with E-state index in [0.29, 0.717) is 41.0 Å². The molecule has 0 saturated heterocycles. The van der Waals surface area contributed by atoms with Gasteiger partial charge in [0.25, 0.3) is 0 Å². The molecule has 0 fully saturated rings. The van der Waals surface area contributed by atoms with E-state index in [9.17, 15) is 0 Å². The van der Waals surface area contributed by atoms with Gasteiger partial charge in [-0.1, -0.05) is 0 Å². The van der Waals surface area contributed by atoms with Gasteiger partial charge in [-0.3, -0.25) is 0 Å². The monoisotopic (exact) mass is 1840 g/mol. The second-order valence-electron chi connectivity index (χ2n) is 39.3. The van der Waals surface area contributed by atoms with Crippen LogP contribution >= 0.6 is 53.8 Å². The standard InChI is InChI=1S/C96H102Cl6N8Te2/c1-89(2,3)55-37-51(38-56(45-55)90(4,5)6)79-65-25-27-71(103-65)83-63-49-77-82(54-43-61(95(19,20)21)48-62(44-54)96(22,23)24)70-32-36-76(108-70)88(112(100,101)102)74-34-30-68(106-74)80(52-39-57(91(7,8)9)46-58(40-52)92(10,11)12)66-26-28-72(104-66)84(86(63)110-77)64-50-78(109-85(64)83)81(53-41-59(93(13,14)15)47-60(42-53)94(16,17)18)69-31-35-75(107-69)87(111(97,98)99)73-33-29-67(79)105-73/h25-50,105-106,109-110H,1-24H3. The van der Waals surface area contributed by atoms with Crippen LogP contribution in [0, 0.1) is 0 Å². The number of hydrogen-bond acceptors (Lipinski definition) is 4. The van der Waals surface area contributed by atoms with E-state index in [-0.39, 0.29) is 43.3 Å².